The third kappa shape index (κ3) is 2.63. The van der Waals surface area contributed by atoms with Crippen molar-refractivity contribution in [2.24, 2.45) is 0 Å². The van der Waals surface area contributed by atoms with Gasteiger partial charge in [-0.2, -0.15) is 0 Å². The van der Waals surface area contributed by atoms with Crippen molar-refractivity contribution in [3.63, 3.8) is 0 Å². The molecule has 1 aromatic rings. The molecule has 3 nitrogen and oxygen atoms in total. The highest BCUT2D eigenvalue weighted by atomic mass is 19.1. The molecule has 1 heterocycles. The lowest BCUT2D eigenvalue weighted by Crippen LogP contribution is -2.37. The molecule has 19 heavy (non-hydrogen) atoms. The summed E-state index contributed by atoms with van der Waals surface area (Å²) in [5.74, 6) is -0.694. The number of halogens is 1. The smallest absolute Gasteiger partial charge is 0.254 e. The zero-order valence-corrected chi connectivity index (χ0v) is 11.2. The molecular weight excluding hydrogens is 243 g/mol. The Morgan fingerprint density at radius 3 is 2.89 bits per heavy atom. The summed E-state index contributed by atoms with van der Waals surface area (Å²) in [5.41, 5.74) is 0.670. The maximum atomic E-state index is 13.9. The molecule has 3 rings (SSSR count). The van der Waals surface area contributed by atoms with Crippen LogP contribution in [0.15, 0.2) is 18.2 Å². The molecule has 102 valence electrons. The number of hydrogen-bond acceptors (Lipinski definition) is 2. The highest BCUT2D eigenvalue weighted by Gasteiger charge is 2.35. The largest absolute Gasteiger partial charge is 0.348 e. The fraction of sp³-hybridized carbons (Fsp3) is 0.533. The van der Waals surface area contributed by atoms with Crippen molar-refractivity contribution < 1.29 is 9.18 Å². The highest BCUT2D eigenvalue weighted by Crippen LogP contribution is 2.29. The molecule has 0 bridgehead atoms. The van der Waals surface area contributed by atoms with Crippen LogP contribution in [0.25, 0.3) is 0 Å². The predicted octanol–water partition coefficient (Wildman–Crippen LogP) is 2.10. The molecule has 4 heteroatoms. The summed E-state index contributed by atoms with van der Waals surface area (Å²) in [6, 6.07) is 5.84. The van der Waals surface area contributed by atoms with Crippen LogP contribution in [-0.4, -0.2) is 36.0 Å². The number of likely N-dealkylation sites (tertiary alicyclic amines) is 1. The van der Waals surface area contributed by atoms with Crippen LogP contribution in [0.3, 0.4) is 0 Å². The van der Waals surface area contributed by atoms with Crippen LogP contribution in [0.5, 0.6) is 0 Å². The molecule has 1 amide bonds. The summed E-state index contributed by atoms with van der Waals surface area (Å²) in [5, 5.41) is 2.96. The molecule has 2 fully saturated rings. The molecule has 0 spiro atoms. The molecule has 1 aliphatic heterocycles. The SMILES string of the molecule is Cc1cccc(C(=O)NC2CCN(C3CC3)C2)c1F. The first-order chi connectivity index (χ1) is 9.15. The number of nitrogens with zero attached hydrogens (tertiary/aromatic N) is 1. The minimum atomic E-state index is -0.406. The van der Waals surface area contributed by atoms with Crippen LogP contribution in [-0.2, 0) is 0 Å². The molecule has 0 aromatic heterocycles. The average Bonchev–Trinajstić information content (AvgIpc) is 3.14. The zero-order chi connectivity index (χ0) is 13.4. The summed E-state index contributed by atoms with van der Waals surface area (Å²) in [6.45, 7) is 3.63. The number of aryl methyl sites for hydroxylation is 1. The number of rotatable bonds is 3. The lowest BCUT2D eigenvalue weighted by atomic mass is 10.1. The molecule has 1 aromatic carbocycles. The molecule has 2 aliphatic rings. The molecular formula is C15H19FN2O. The van der Waals surface area contributed by atoms with E-state index in [1.54, 1.807) is 25.1 Å². The Kier molecular flexibility index (Phi) is 3.27. The second kappa shape index (κ2) is 4.93. The molecule has 1 unspecified atom stereocenters. The molecule has 1 atom stereocenters. The van der Waals surface area contributed by atoms with Gasteiger partial charge in [-0.15, -0.1) is 0 Å². The standard InChI is InChI=1S/C15H19FN2O/c1-10-3-2-4-13(14(10)16)15(19)17-11-7-8-18(9-11)12-5-6-12/h2-4,11-12H,5-9H2,1H3,(H,17,19). The van der Waals surface area contributed by atoms with Gasteiger partial charge in [-0.3, -0.25) is 9.69 Å². The molecule has 1 saturated carbocycles. The normalized spacial score (nSPS) is 23.6. The lowest BCUT2D eigenvalue weighted by molar-refractivity contribution is 0.0933. The number of carbonyl (C=O) groups excluding carboxylic acids is 1. The van der Waals surface area contributed by atoms with Gasteiger partial charge in [0.15, 0.2) is 0 Å². The first-order valence-corrected chi connectivity index (χ1v) is 6.95. The summed E-state index contributed by atoms with van der Waals surface area (Å²) < 4.78 is 13.9. The van der Waals surface area contributed by atoms with E-state index in [0.29, 0.717) is 5.56 Å². The zero-order valence-electron chi connectivity index (χ0n) is 11.2. The van der Waals surface area contributed by atoms with E-state index in [-0.39, 0.29) is 17.5 Å². The van der Waals surface area contributed by atoms with Crippen molar-refractivity contribution in [2.45, 2.75) is 38.3 Å². The minimum absolute atomic E-state index is 0.157. The second-order valence-electron chi connectivity index (χ2n) is 5.62. The van der Waals surface area contributed by atoms with Crippen LogP contribution in [0.4, 0.5) is 4.39 Å². The first kappa shape index (κ1) is 12.6. The van der Waals surface area contributed by atoms with Gasteiger partial charge in [0.05, 0.1) is 5.56 Å². The van der Waals surface area contributed by atoms with Gasteiger partial charge in [-0.1, -0.05) is 12.1 Å². The number of hydrogen-bond donors (Lipinski definition) is 1. The van der Waals surface area contributed by atoms with E-state index in [4.69, 9.17) is 0 Å². The fourth-order valence-corrected chi connectivity index (χ4v) is 2.76. The first-order valence-electron chi connectivity index (χ1n) is 6.95. The van der Waals surface area contributed by atoms with Crippen LogP contribution in [0, 0.1) is 12.7 Å². The van der Waals surface area contributed by atoms with E-state index in [2.05, 4.69) is 10.2 Å². The quantitative estimate of drug-likeness (QED) is 0.904. The van der Waals surface area contributed by atoms with Crippen molar-refractivity contribution in [1.82, 2.24) is 10.2 Å². The molecule has 1 N–H and O–H groups in total. The molecule has 1 aliphatic carbocycles. The van der Waals surface area contributed by atoms with E-state index < -0.39 is 5.82 Å². The van der Waals surface area contributed by atoms with Crippen molar-refractivity contribution >= 4 is 5.91 Å². The van der Waals surface area contributed by atoms with Crippen LogP contribution in [0.1, 0.15) is 35.2 Å². The molecule has 1 saturated heterocycles. The summed E-state index contributed by atoms with van der Waals surface area (Å²) in [4.78, 5) is 14.5. The van der Waals surface area contributed by atoms with Crippen LogP contribution in [0.2, 0.25) is 0 Å². The summed E-state index contributed by atoms with van der Waals surface area (Å²) in [6.07, 6.45) is 3.54. The minimum Gasteiger partial charge on any atom is -0.348 e. The van der Waals surface area contributed by atoms with E-state index >= 15 is 0 Å². The van der Waals surface area contributed by atoms with Crippen LogP contribution >= 0.6 is 0 Å². The van der Waals surface area contributed by atoms with E-state index in [1.807, 2.05) is 0 Å². The van der Waals surface area contributed by atoms with Gasteiger partial charge in [0, 0.05) is 25.2 Å². The second-order valence-corrected chi connectivity index (χ2v) is 5.62. The highest BCUT2D eigenvalue weighted by molar-refractivity contribution is 5.94. The van der Waals surface area contributed by atoms with Gasteiger partial charge in [0.1, 0.15) is 5.82 Å². The Morgan fingerprint density at radius 1 is 1.37 bits per heavy atom. The Labute approximate surface area is 112 Å². The van der Waals surface area contributed by atoms with Crippen molar-refractivity contribution in [3.05, 3.63) is 35.1 Å². The van der Waals surface area contributed by atoms with Gasteiger partial charge in [0.25, 0.3) is 5.91 Å². The van der Waals surface area contributed by atoms with E-state index in [0.717, 1.165) is 25.6 Å². The predicted molar refractivity (Wildman–Crippen MR) is 71.6 cm³/mol. The fourth-order valence-electron chi connectivity index (χ4n) is 2.76. The van der Waals surface area contributed by atoms with Gasteiger partial charge in [-0.25, -0.2) is 4.39 Å². The summed E-state index contributed by atoms with van der Waals surface area (Å²) in [7, 11) is 0. The van der Waals surface area contributed by atoms with Crippen molar-refractivity contribution in [3.8, 4) is 0 Å². The Morgan fingerprint density at radius 2 is 2.16 bits per heavy atom. The van der Waals surface area contributed by atoms with E-state index in [1.165, 1.54) is 12.8 Å². The number of carbonyl (C=O) groups is 1. The monoisotopic (exact) mass is 262 g/mol. The van der Waals surface area contributed by atoms with Crippen LogP contribution < -0.4 is 5.32 Å². The number of amides is 1. The third-order valence-electron chi connectivity index (χ3n) is 4.05. The van der Waals surface area contributed by atoms with Gasteiger partial charge in [0.2, 0.25) is 0 Å². The Hall–Kier alpha value is -1.42. The summed E-state index contributed by atoms with van der Waals surface area (Å²) >= 11 is 0. The Bertz CT molecular complexity index is 499. The maximum absolute atomic E-state index is 13.9. The van der Waals surface area contributed by atoms with Crippen molar-refractivity contribution in [1.29, 1.82) is 0 Å². The average molecular weight is 262 g/mol. The van der Waals surface area contributed by atoms with Crippen molar-refractivity contribution in [2.75, 3.05) is 13.1 Å². The Balaban J connectivity index is 1.63. The number of nitrogens with one attached hydrogen (secondary N) is 1. The lowest BCUT2D eigenvalue weighted by Gasteiger charge is -2.16. The van der Waals surface area contributed by atoms with E-state index in [9.17, 15) is 9.18 Å². The maximum Gasteiger partial charge on any atom is 0.254 e. The molecule has 0 radical (unpaired) electrons. The van der Waals surface area contributed by atoms with Gasteiger partial charge >= 0.3 is 0 Å². The topological polar surface area (TPSA) is 32.3 Å². The van der Waals surface area contributed by atoms with Gasteiger partial charge in [-0.05, 0) is 37.8 Å². The third-order valence-corrected chi connectivity index (χ3v) is 4.05. The number of benzene rings is 1. The van der Waals surface area contributed by atoms with Gasteiger partial charge < -0.3 is 5.32 Å².